The number of hydrogen-bond acceptors (Lipinski definition) is 7. The molecule has 0 aliphatic rings. The van der Waals surface area contributed by atoms with Gasteiger partial charge in [0, 0.05) is 13.0 Å². The Morgan fingerprint density at radius 3 is 1.45 bits per heavy atom. The molecule has 0 aliphatic carbocycles. The summed E-state index contributed by atoms with van der Waals surface area (Å²) in [5.74, 6) is -0.349. The largest absolute Gasteiger partial charge is 0.756 e. The Labute approximate surface area is 358 Å². The van der Waals surface area contributed by atoms with Crippen LogP contribution in [0.15, 0.2) is 48.6 Å². The summed E-state index contributed by atoms with van der Waals surface area (Å²) in [7, 11) is 1.34. The van der Waals surface area contributed by atoms with Crippen molar-refractivity contribution in [1.29, 1.82) is 0 Å². The Balaban J connectivity index is 4.17. The number of ether oxygens (including phenoxy) is 2. The summed E-state index contributed by atoms with van der Waals surface area (Å²) in [5, 5.41) is 0. The minimum absolute atomic E-state index is 0.0215. The number of esters is 1. The summed E-state index contributed by atoms with van der Waals surface area (Å²) in [6, 6.07) is 0. The van der Waals surface area contributed by atoms with Gasteiger partial charge < -0.3 is 27.9 Å². The number of unbranched alkanes of at least 4 members (excludes halogenated alkanes) is 22. The molecule has 9 heteroatoms. The van der Waals surface area contributed by atoms with E-state index < -0.39 is 13.9 Å². The van der Waals surface area contributed by atoms with Crippen LogP contribution in [0.25, 0.3) is 0 Å². The van der Waals surface area contributed by atoms with Crippen molar-refractivity contribution >= 4 is 13.8 Å². The Kier molecular flexibility index (Phi) is 41.0. The lowest BCUT2D eigenvalue weighted by molar-refractivity contribution is -0.870. The summed E-state index contributed by atoms with van der Waals surface area (Å²) in [6.07, 6.45) is 51.3. The van der Waals surface area contributed by atoms with E-state index in [1.54, 1.807) is 0 Å². The normalized spacial score (nSPS) is 14.1. The van der Waals surface area contributed by atoms with Gasteiger partial charge in [-0.15, -0.1) is 0 Å². The lowest BCUT2D eigenvalue weighted by Crippen LogP contribution is -2.37. The lowest BCUT2D eigenvalue weighted by Gasteiger charge is -2.28. The fraction of sp³-hybridized carbons (Fsp3) is 0.816. The molecule has 0 aromatic rings. The fourth-order valence-corrected chi connectivity index (χ4v) is 7.09. The first-order chi connectivity index (χ1) is 28.1. The number of hydrogen-bond donors (Lipinski definition) is 0. The molecule has 0 spiro atoms. The maximum atomic E-state index is 12.7. The maximum absolute atomic E-state index is 12.7. The number of allylic oxidation sites excluding steroid dienone is 8. The highest BCUT2D eigenvalue weighted by molar-refractivity contribution is 7.45. The fourth-order valence-electron chi connectivity index (χ4n) is 6.36. The number of phosphoric acid groups is 1. The number of nitrogens with zero attached hydrogens (tertiary/aromatic N) is 1. The van der Waals surface area contributed by atoms with Crippen LogP contribution in [0.5, 0.6) is 0 Å². The molecule has 58 heavy (non-hydrogen) atoms. The number of quaternary nitrogens is 1. The second-order valence-corrected chi connectivity index (χ2v) is 18.5. The van der Waals surface area contributed by atoms with Crippen LogP contribution in [0.3, 0.4) is 0 Å². The first-order valence-electron chi connectivity index (χ1n) is 23.9. The molecule has 0 aromatic heterocycles. The van der Waals surface area contributed by atoms with Crippen LogP contribution in [-0.4, -0.2) is 70.7 Å². The Morgan fingerprint density at radius 2 is 0.966 bits per heavy atom. The molecular formula is C49H92NO7P. The smallest absolute Gasteiger partial charge is 0.306 e. The highest BCUT2D eigenvalue weighted by Crippen LogP contribution is 2.38. The van der Waals surface area contributed by atoms with Gasteiger partial charge in [0.15, 0.2) is 0 Å². The van der Waals surface area contributed by atoms with E-state index in [1.165, 1.54) is 116 Å². The summed E-state index contributed by atoms with van der Waals surface area (Å²) < 4.78 is 34.6. The second-order valence-electron chi connectivity index (χ2n) is 17.1. The van der Waals surface area contributed by atoms with Crippen LogP contribution in [-0.2, 0) is 27.9 Å². The average Bonchev–Trinajstić information content (AvgIpc) is 3.18. The van der Waals surface area contributed by atoms with E-state index in [0.29, 0.717) is 24.1 Å². The summed E-state index contributed by atoms with van der Waals surface area (Å²) in [5.41, 5.74) is 0. The zero-order valence-electron chi connectivity index (χ0n) is 38.5. The Morgan fingerprint density at radius 1 is 0.534 bits per heavy atom. The van der Waals surface area contributed by atoms with Crippen LogP contribution in [0.4, 0.5) is 0 Å². The van der Waals surface area contributed by atoms with Crippen molar-refractivity contribution in [3.05, 3.63) is 48.6 Å². The van der Waals surface area contributed by atoms with Crippen molar-refractivity contribution in [2.24, 2.45) is 0 Å². The number of carbonyl (C=O) groups excluding carboxylic acids is 1. The predicted molar refractivity (Wildman–Crippen MR) is 245 cm³/mol. The zero-order chi connectivity index (χ0) is 42.7. The highest BCUT2D eigenvalue weighted by Gasteiger charge is 2.20. The van der Waals surface area contributed by atoms with Crippen LogP contribution in [0.1, 0.15) is 200 Å². The molecule has 0 heterocycles. The van der Waals surface area contributed by atoms with Crippen molar-refractivity contribution < 1.29 is 37.3 Å². The van der Waals surface area contributed by atoms with Gasteiger partial charge in [-0.3, -0.25) is 9.36 Å². The third-order valence-corrected chi connectivity index (χ3v) is 11.1. The van der Waals surface area contributed by atoms with Gasteiger partial charge in [0.1, 0.15) is 19.3 Å². The molecule has 0 bridgehead atoms. The maximum Gasteiger partial charge on any atom is 0.306 e. The van der Waals surface area contributed by atoms with Gasteiger partial charge in [0.25, 0.3) is 7.82 Å². The van der Waals surface area contributed by atoms with Crippen molar-refractivity contribution in [3.63, 3.8) is 0 Å². The van der Waals surface area contributed by atoms with Gasteiger partial charge in [-0.2, -0.15) is 0 Å². The molecule has 340 valence electrons. The quantitative estimate of drug-likeness (QED) is 0.0198. The summed E-state index contributed by atoms with van der Waals surface area (Å²) in [6.45, 7) is 5.34. The molecule has 0 fully saturated rings. The molecule has 0 amide bonds. The van der Waals surface area contributed by atoms with Crippen LogP contribution >= 0.6 is 7.82 Å². The molecule has 8 nitrogen and oxygen atoms in total. The SMILES string of the molecule is CCCC/C=C\C/C=C\CCCCCCCC(=O)OC(COCCCCCCCCCCCC/C=C\C/C=C\CCCCCCC)COP(=O)([O-])OCC[N+](C)(C)C. The highest BCUT2D eigenvalue weighted by atomic mass is 31.2. The first-order valence-corrected chi connectivity index (χ1v) is 25.3. The second kappa shape index (κ2) is 42.2. The van der Waals surface area contributed by atoms with Gasteiger partial charge in [-0.1, -0.05) is 172 Å². The lowest BCUT2D eigenvalue weighted by atomic mass is 10.1. The number of likely N-dealkylation sites (N-methyl/N-ethyl adjacent to an activating group) is 1. The van der Waals surface area contributed by atoms with E-state index in [0.717, 1.165) is 64.2 Å². The van der Waals surface area contributed by atoms with Crippen molar-refractivity contribution in [2.45, 2.75) is 206 Å². The zero-order valence-corrected chi connectivity index (χ0v) is 39.4. The van der Waals surface area contributed by atoms with E-state index in [1.807, 2.05) is 21.1 Å². The van der Waals surface area contributed by atoms with Crippen molar-refractivity contribution in [2.75, 3.05) is 54.1 Å². The molecule has 2 unspecified atom stereocenters. The molecule has 0 radical (unpaired) electrons. The Hall–Kier alpha value is -1.54. The van der Waals surface area contributed by atoms with Gasteiger partial charge >= 0.3 is 5.97 Å². The summed E-state index contributed by atoms with van der Waals surface area (Å²) >= 11 is 0. The van der Waals surface area contributed by atoms with E-state index in [4.69, 9.17) is 18.5 Å². The molecule has 0 saturated carbocycles. The van der Waals surface area contributed by atoms with E-state index >= 15 is 0 Å². The topological polar surface area (TPSA) is 94.1 Å². The third-order valence-electron chi connectivity index (χ3n) is 10.1. The number of carbonyl (C=O) groups is 1. The van der Waals surface area contributed by atoms with E-state index in [-0.39, 0.29) is 25.8 Å². The van der Waals surface area contributed by atoms with Gasteiger partial charge in [0.05, 0.1) is 34.4 Å². The third kappa shape index (κ3) is 45.5. The minimum atomic E-state index is -4.53. The Bertz CT molecular complexity index is 1070. The van der Waals surface area contributed by atoms with Gasteiger partial charge in [0.2, 0.25) is 0 Å². The molecule has 0 rings (SSSR count). The molecular weight excluding hydrogens is 746 g/mol. The standard InChI is InChI=1S/C49H92NO7P/c1-6-8-10-12-14-16-18-20-22-23-24-25-26-27-28-29-31-33-35-37-39-41-44-54-46-48(47-56-58(52,53)55-45-43-50(3,4)5)57-49(51)42-40-38-36-34-32-30-21-19-17-15-13-11-9-7-2/h13,15,18-21,23-24,48H,6-12,14,16-17,22,25-47H2,1-5H3/b15-13-,20-18-,21-19-,24-23-. The van der Waals surface area contributed by atoms with Gasteiger partial charge in [-0.25, -0.2) is 0 Å². The number of phosphoric ester groups is 1. The molecule has 0 N–H and O–H groups in total. The molecule has 2 atom stereocenters. The van der Waals surface area contributed by atoms with Crippen molar-refractivity contribution in [1.82, 2.24) is 0 Å². The van der Waals surface area contributed by atoms with Crippen LogP contribution in [0.2, 0.25) is 0 Å². The van der Waals surface area contributed by atoms with Gasteiger partial charge in [-0.05, 0) is 70.6 Å². The van der Waals surface area contributed by atoms with Crippen LogP contribution < -0.4 is 4.89 Å². The van der Waals surface area contributed by atoms with E-state index in [2.05, 4.69) is 62.5 Å². The molecule has 0 aromatic carbocycles. The first kappa shape index (κ1) is 56.5. The van der Waals surface area contributed by atoms with E-state index in [9.17, 15) is 14.3 Å². The monoisotopic (exact) mass is 838 g/mol. The predicted octanol–water partition coefficient (Wildman–Crippen LogP) is 13.7. The molecule has 0 aliphatic heterocycles. The number of rotatable bonds is 44. The summed E-state index contributed by atoms with van der Waals surface area (Å²) in [4.78, 5) is 25.1. The van der Waals surface area contributed by atoms with Crippen LogP contribution in [0, 0.1) is 0 Å². The van der Waals surface area contributed by atoms with Crippen molar-refractivity contribution in [3.8, 4) is 0 Å². The average molecular weight is 838 g/mol. The minimum Gasteiger partial charge on any atom is -0.756 e. The molecule has 0 saturated heterocycles.